The van der Waals surface area contributed by atoms with Crippen molar-refractivity contribution in [3.8, 4) is 5.75 Å². The summed E-state index contributed by atoms with van der Waals surface area (Å²) in [6, 6.07) is 5.92. The van der Waals surface area contributed by atoms with Crippen LogP contribution in [0.3, 0.4) is 0 Å². The Morgan fingerprint density at radius 1 is 1.40 bits per heavy atom. The Hall–Kier alpha value is -2.02. The van der Waals surface area contributed by atoms with E-state index in [4.69, 9.17) is 14.3 Å². The van der Waals surface area contributed by atoms with Crippen LogP contribution in [0.15, 0.2) is 27.8 Å². The lowest BCUT2D eigenvalue weighted by Gasteiger charge is -2.07. The first-order chi connectivity index (χ1) is 9.54. The highest BCUT2D eigenvalue weighted by molar-refractivity contribution is 7.99. The van der Waals surface area contributed by atoms with Gasteiger partial charge in [0.2, 0.25) is 0 Å². The smallest absolute Gasteiger partial charge is 0.314 e. The predicted octanol–water partition coefficient (Wildman–Crippen LogP) is 2.44. The fourth-order valence-corrected chi connectivity index (χ4v) is 1.98. The summed E-state index contributed by atoms with van der Waals surface area (Å²) >= 11 is 0.981. The van der Waals surface area contributed by atoms with Gasteiger partial charge < -0.3 is 14.3 Å². The van der Waals surface area contributed by atoms with E-state index in [1.54, 1.807) is 0 Å². The summed E-state index contributed by atoms with van der Waals surface area (Å²) in [5.41, 5.74) is 2.13. The highest BCUT2D eigenvalue weighted by atomic mass is 32.2. The molecule has 1 heterocycles. The van der Waals surface area contributed by atoms with Gasteiger partial charge in [0.15, 0.2) is 6.61 Å². The van der Waals surface area contributed by atoms with Crippen molar-refractivity contribution in [2.24, 2.45) is 0 Å². The Labute approximate surface area is 120 Å². The van der Waals surface area contributed by atoms with E-state index in [1.165, 1.54) is 0 Å². The number of thioether (sulfide) groups is 1. The minimum atomic E-state index is -0.929. The van der Waals surface area contributed by atoms with Gasteiger partial charge >= 0.3 is 5.97 Å². The number of aryl methyl sites for hydroxylation is 2. The van der Waals surface area contributed by atoms with Gasteiger partial charge in [0.25, 0.3) is 11.1 Å². The van der Waals surface area contributed by atoms with E-state index in [2.05, 4.69) is 10.2 Å². The maximum absolute atomic E-state index is 10.4. The number of carboxylic acid groups (broad SMARTS) is 1. The minimum Gasteiger partial charge on any atom is -0.484 e. The fourth-order valence-electron chi connectivity index (χ4n) is 1.48. The van der Waals surface area contributed by atoms with Crippen LogP contribution in [0.4, 0.5) is 0 Å². The average Bonchev–Trinajstić information content (AvgIpc) is 2.85. The molecule has 1 N–H and O–H groups in total. The van der Waals surface area contributed by atoms with Crippen molar-refractivity contribution in [1.29, 1.82) is 0 Å². The maximum atomic E-state index is 10.4. The molecule has 0 aliphatic heterocycles. The number of rotatable bonds is 6. The zero-order chi connectivity index (χ0) is 14.5. The molecule has 20 heavy (non-hydrogen) atoms. The topological polar surface area (TPSA) is 85.5 Å². The van der Waals surface area contributed by atoms with Gasteiger partial charge in [-0.05, 0) is 31.0 Å². The van der Waals surface area contributed by atoms with E-state index >= 15 is 0 Å². The van der Waals surface area contributed by atoms with E-state index in [-0.39, 0.29) is 17.6 Å². The molecule has 7 heteroatoms. The largest absolute Gasteiger partial charge is 0.484 e. The molecule has 0 fully saturated rings. The molecular formula is C13H14N2O4S. The summed E-state index contributed by atoms with van der Waals surface area (Å²) in [5, 5.41) is 16.3. The Balaban J connectivity index is 1.94. The van der Waals surface area contributed by atoms with Gasteiger partial charge in [0, 0.05) is 0 Å². The van der Waals surface area contributed by atoms with Crippen molar-refractivity contribution >= 4 is 17.7 Å². The van der Waals surface area contributed by atoms with E-state index in [9.17, 15) is 4.79 Å². The summed E-state index contributed by atoms with van der Waals surface area (Å²) in [5.74, 6) is 0.0440. The van der Waals surface area contributed by atoms with E-state index in [0.717, 1.165) is 28.6 Å². The SMILES string of the molecule is Cc1ccc(C)c(OCc2nnc(SCC(=O)O)o2)c1. The molecule has 106 valence electrons. The van der Waals surface area contributed by atoms with Gasteiger partial charge in [-0.2, -0.15) is 0 Å². The number of carboxylic acids is 1. The molecule has 2 aromatic rings. The summed E-state index contributed by atoms with van der Waals surface area (Å²) < 4.78 is 10.9. The van der Waals surface area contributed by atoms with E-state index in [1.807, 2.05) is 32.0 Å². The van der Waals surface area contributed by atoms with Crippen LogP contribution in [0.2, 0.25) is 0 Å². The molecule has 0 radical (unpaired) electrons. The van der Waals surface area contributed by atoms with Gasteiger partial charge in [-0.15, -0.1) is 10.2 Å². The standard InChI is InChI=1S/C13H14N2O4S/c1-8-3-4-9(2)10(5-8)18-6-11-14-15-13(19-11)20-7-12(16)17/h3-5H,6-7H2,1-2H3,(H,16,17). The number of carbonyl (C=O) groups is 1. The predicted molar refractivity (Wildman–Crippen MR) is 72.9 cm³/mol. The van der Waals surface area contributed by atoms with Crippen molar-refractivity contribution in [1.82, 2.24) is 10.2 Å². The number of hydrogen-bond acceptors (Lipinski definition) is 6. The molecular weight excluding hydrogens is 280 g/mol. The molecule has 0 atom stereocenters. The summed E-state index contributed by atoms with van der Waals surface area (Å²) in [6.45, 7) is 4.10. The van der Waals surface area contributed by atoms with Gasteiger partial charge in [0.1, 0.15) is 11.5 Å². The van der Waals surface area contributed by atoms with E-state index in [0.29, 0.717) is 5.89 Å². The number of hydrogen-bond donors (Lipinski definition) is 1. The van der Waals surface area contributed by atoms with Crippen LogP contribution >= 0.6 is 11.8 Å². The second-order valence-corrected chi connectivity index (χ2v) is 5.13. The molecule has 0 aliphatic rings. The van der Waals surface area contributed by atoms with Crippen molar-refractivity contribution in [3.63, 3.8) is 0 Å². The van der Waals surface area contributed by atoms with Crippen molar-refractivity contribution in [2.75, 3.05) is 5.75 Å². The molecule has 0 amide bonds. The summed E-state index contributed by atoms with van der Waals surface area (Å²) in [4.78, 5) is 10.4. The quantitative estimate of drug-likeness (QED) is 0.819. The Bertz CT molecular complexity index is 612. The molecule has 6 nitrogen and oxygen atoms in total. The number of aliphatic carboxylic acids is 1. The number of benzene rings is 1. The zero-order valence-electron chi connectivity index (χ0n) is 11.1. The first kappa shape index (κ1) is 14.4. The number of ether oxygens (including phenoxy) is 1. The first-order valence-corrected chi connectivity index (χ1v) is 6.90. The van der Waals surface area contributed by atoms with Crippen LogP contribution in [0.5, 0.6) is 5.75 Å². The Kier molecular flexibility index (Phi) is 4.62. The van der Waals surface area contributed by atoms with Crippen molar-refractivity contribution in [3.05, 3.63) is 35.2 Å². The number of nitrogens with zero attached hydrogens (tertiary/aromatic N) is 2. The third-order valence-electron chi connectivity index (χ3n) is 2.46. The lowest BCUT2D eigenvalue weighted by Crippen LogP contribution is -1.97. The molecule has 2 rings (SSSR count). The van der Waals surface area contributed by atoms with Crippen LogP contribution < -0.4 is 4.74 Å². The molecule has 0 spiro atoms. The Morgan fingerprint density at radius 3 is 2.95 bits per heavy atom. The normalized spacial score (nSPS) is 10.5. The van der Waals surface area contributed by atoms with Crippen LogP contribution in [0.25, 0.3) is 0 Å². The van der Waals surface area contributed by atoms with Crippen LogP contribution in [-0.2, 0) is 11.4 Å². The molecule has 1 aromatic carbocycles. The highest BCUT2D eigenvalue weighted by Crippen LogP contribution is 2.21. The third kappa shape index (κ3) is 3.99. The first-order valence-electron chi connectivity index (χ1n) is 5.91. The van der Waals surface area contributed by atoms with Crippen LogP contribution in [0.1, 0.15) is 17.0 Å². The van der Waals surface area contributed by atoms with Gasteiger partial charge in [0.05, 0.1) is 0 Å². The van der Waals surface area contributed by atoms with Crippen molar-refractivity contribution < 1.29 is 19.1 Å². The lowest BCUT2D eigenvalue weighted by molar-refractivity contribution is -0.133. The van der Waals surface area contributed by atoms with Gasteiger partial charge in [-0.25, -0.2) is 0 Å². The fraction of sp³-hybridized carbons (Fsp3) is 0.308. The molecule has 0 unspecified atom stereocenters. The monoisotopic (exact) mass is 294 g/mol. The Morgan fingerprint density at radius 2 is 2.20 bits per heavy atom. The van der Waals surface area contributed by atoms with Crippen LogP contribution in [-0.4, -0.2) is 27.0 Å². The second kappa shape index (κ2) is 6.42. The van der Waals surface area contributed by atoms with E-state index < -0.39 is 5.97 Å². The highest BCUT2D eigenvalue weighted by Gasteiger charge is 2.10. The molecule has 0 aliphatic carbocycles. The molecule has 0 bridgehead atoms. The van der Waals surface area contributed by atoms with Crippen molar-refractivity contribution in [2.45, 2.75) is 25.7 Å². The minimum absolute atomic E-state index is 0.112. The maximum Gasteiger partial charge on any atom is 0.314 e. The zero-order valence-corrected chi connectivity index (χ0v) is 11.9. The van der Waals surface area contributed by atoms with Gasteiger partial charge in [-0.1, -0.05) is 23.9 Å². The van der Waals surface area contributed by atoms with Gasteiger partial charge in [-0.3, -0.25) is 4.79 Å². The summed E-state index contributed by atoms with van der Waals surface area (Å²) in [6.07, 6.45) is 0. The average molecular weight is 294 g/mol. The summed E-state index contributed by atoms with van der Waals surface area (Å²) in [7, 11) is 0. The number of aromatic nitrogens is 2. The molecule has 1 aromatic heterocycles. The lowest BCUT2D eigenvalue weighted by atomic mass is 10.1. The second-order valence-electron chi connectivity index (χ2n) is 4.20. The third-order valence-corrected chi connectivity index (χ3v) is 3.27. The molecule has 0 saturated heterocycles. The molecule has 0 saturated carbocycles. The van der Waals surface area contributed by atoms with Crippen LogP contribution in [0, 0.1) is 13.8 Å².